The summed E-state index contributed by atoms with van der Waals surface area (Å²) in [5.74, 6) is -3.01. The molecule has 1 heterocycles. The normalized spacial score (nSPS) is 20.5. The molecule has 0 spiro atoms. The number of nitrogens with one attached hydrogen (secondary N) is 1. The second kappa shape index (κ2) is 16.2. The first kappa shape index (κ1) is 33.7. The summed E-state index contributed by atoms with van der Waals surface area (Å²) in [4.78, 5) is 62.5. The lowest BCUT2D eigenvalue weighted by molar-refractivity contribution is -0.270. The Morgan fingerprint density at radius 3 is 1.87 bits per heavy atom. The van der Waals surface area contributed by atoms with E-state index >= 15 is 0 Å². The molecule has 0 radical (unpaired) electrons. The van der Waals surface area contributed by atoms with Crippen molar-refractivity contribution in [2.75, 3.05) is 6.61 Å². The predicted molar refractivity (Wildman–Crippen MR) is 161 cm³/mol. The van der Waals surface area contributed by atoms with Crippen molar-refractivity contribution >= 4 is 29.8 Å². The van der Waals surface area contributed by atoms with Gasteiger partial charge in [0, 0.05) is 26.3 Å². The van der Waals surface area contributed by atoms with Crippen LogP contribution in [0.1, 0.15) is 42.3 Å². The Hall–Kier alpha value is -5.23. The Bertz CT molecular complexity index is 1490. The molecule has 1 aliphatic heterocycles. The molecule has 1 saturated heterocycles. The fourth-order valence-corrected chi connectivity index (χ4v) is 4.77. The van der Waals surface area contributed by atoms with Crippen molar-refractivity contribution in [3.8, 4) is 5.75 Å². The molecule has 1 fully saturated rings. The molecule has 4 rings (SSSR count). The van der Waals surface area contributed by atoms with Crippen LogP contribution in [0.3, 0.4) is 0 Å². The van der Waals surface area contributed by atoms with Crippen LogP contribution in [0.15, 0.2) is 84.9 Å². The minimum atomic E-state index is -1.54. The molecular weight excluding hydrogens is 598 g/mol. The smallest absolute Gasteiger partial charge is 0.312 e. The number of rotatable bonds is 12. The second-order valence-electron chi connectivity index (χ2n) is 10.4. The van der Waals surface area contributed by atoms with Crippen molar-refractivity contribution in [1.82, 2.24) is 5.32 Å². The van der Waals surface area contributed by atoms with Crippen molar-refractivity contribution in [1.29, 1.82) is 0 Å². The van der Waals surface area contributed by atoms with Gasteiger partial charge >= 0.3 is 23.9 Å². The van der Waals surface area contributed by atoms with Gasteiger partial charge in [-0.25, -0.2) is 0 Å². The van der Waals surface area contributed by atoms with E-state index in [0.717, 1.165) is 19.4 Å². The quantitative estimate of drug-likeness (QED) is 0.231. The Morgan fingerprint density at radius 2 is 1.28 bits per heavy atom. The van der Waals surface area contributed by atoms with Crippen LogP contribution < -0.4 is 10.1 Å². The lowest BCUT2D eigenvalue weighted by Crippen LogP contribution is -2.67. The molecule has 12 heteroatoms. The average molecular weight is 634 g/mol. The molecule has 3 aromatic carbocycles. The molecule has 0 aromatic heterocycles. The van der Waals surface area contributed by atoms with Gasteiger partial charge in [-0.05, 0) is 35.4 Å². The van der Waals surface area contributed by atoms with Gasteiger partial charge in [-0.2, -0.15) is 0 Å². The first-order valence-electron chi connectivity index (χ1n) is 14.5. The van der Waals surface area contributed by atoms with Crippen molar-refractivity contribution in [2.45, 2.75) is 64.4 Å². The molecule has 5 atom stereocenters. The summed E-state index contributed by atoms with van der Waals surface area (Å²) in [6.45, 7) is 3.34. The van der Waals surface area contributed by atoms with Crippen LogP contribution in [0.25, 0.3) is 0 Å². The fraction of sp³-hybridized carbons (Fsp3) is 0.324. The molecule has 12 nitrogen and oxygen atoms in total. The number of ether oxygens (including phenoxy) is 6. The van der Waals surface area contributed by atoms with Gasteiger partial charge in [0.05, 0.1) is 6.42 Å². The van der Waals surface area contributed by atoms with Crippen molar-refractivity contribution in [3.63, 3.8) is 0 Å². The highest BCUT2D eigenvalue weighted by Crippen LogP contribution is 2.29. The minimum absolute atomic E-state index is 0.133. The minimum Gasteiger partial charge on any atom is -0.489 e. The summed E-state index contributed by atoms with van der Waals surface area (Å²) in [6.07, 6.45) is -5.63. The van der Waals surface area contributed by atoms with Crippen LogP contribution in [0, 0.1) is 0 Å². The van der Waals surface area contributed by atoms with E-state index in [-0.39, 0.29) is 12.0 Å². The maximum atomic E-state index is 13.5. The zero-order valence-electron chi connectivity index (χ0n) is 25.6. The highest BCUT2D eigenvalue weighted by Gasteiger charge is 2.52. The van der Waals surface area contributed by atoms with Gasteiger partial charge in [0.1, 0.15) is 31.1 Å². The second-order valence-corrected chi connectivity index (χ2v) is 10.4. The van der Waals surface area contributed by atoms with E-state index in [1.54, 1.807) is 42.5 Å². The molecular formula is C34H35NO11. The molecule has 1 aliphatic rings. The molecule has 0 aliphatic carbocycles. The molecule has 3 aromatic rings. The lowest BCUT2D eigenvalue weighted by atomic mass is 9.95. The molecule has 242 valence electrons. The lowest BCUT2D eigenvalue weighted by Gasteiger charge is -2.44. The van der Waals surface area contributed by atoms with E-state index in [4.69, 9.17) is 28.4 Å². The molecule has 0 bridgehead atoms. The third-order valence-electron chi connectivity index (χ3n) is 6.80. The summed E-state index contributed by atoms with van der Waals surface area (Å²) in [7, 11) is 0. The van der Waals surface area contributed by atoms with Crippen molar-refractivity contribution in [3.05, 3.63) is 102 Å². The number of amides is 1. The van der Waals surface area contributed by atoms with Crippen LogP contribution in [0.4, 0.5) is 0 Å². The van der Waals surface area contributed by atoms with E-state index in [9.17, 15) is 24.0 Å². The fourth-order valence-electron chi connectivity index (χ4n) is 4.77. The van der Waals surface area contributed by atoms with Crippen LogP contribution in [-0.2, 0) is 55.9 Å². The number of carbonyl (C=O) groups excluding carboxylic acids is 5. The average Bonchev–Trinajstić information content (AvgIpc) is 3.02. The molecule has 1 amide bonds. The van der Waals surface area contributed by atoms with Gasteiger partial charge in [0.25, 0.3) is 5.91 Å². The standard InChI is InChI=1S/C34H35NO11/c1-21(36)41-20-28-31(43-22(2)37)32(44-23(3)38)30(34(45-28)46-29(39)18-24-10-6-4-7-11-24)35-33(40)26-14-16-27(17-15-26)42-19-25-12-8-5-9-13-25/h4-17,28,30-32,34H,18-20H2,1-3H3,(H,35,40)/t28-,30+,31+,32+,34+/m0/s1. The molecule has 0 unspecified atom stereocenters. The van der Waals surface area contributed by atoms with Gasteiger partial charge in [-0.15, -0.1) is 0 Å². The predicted octanol–water partition coefficient (Wildman–Crippen LogP) is 3.30. The van der Waals surface area contributed by atoms with Crippen molar-refractivity contribution in [2.24, 2.45) is 0 Å². The number of benzene rings is 3. The first-order chi connectivity index (χ1) is 22.1. The number of carbonyl (C=O) groups is 5. The molecule has 1 N–H and O–H groups in total. The van der Waals surface area contributed by atoms with E-state index < -0.39 is 67.0 Å². The van der Waals surface area contributed by atoms with Crippen LogP contribution in [0.2, 0.25) is 0 Å². The summed E-state index contributed by atoms with van der Waals surface area (Å²) in [5.41, 5.74) is 1.83. The van der Waals surface area contributed by atoms with Gasteiger partial charge in [0.2, 0.25) is 6.29 Å². The van der Waals surface area contributed by atoms with Crippen molar-refractivity contribution < 1.29 is 52.4 Å². The summed E-state index contributed by atoms with van der Waals surface area (Å²) < 4.78 is 33.6. The summed E-state index contributed by atoms with van der Waals surface area (Å²) in [6, 6.07) is 23.3. The topological polar surface area (TPSA) is 153 Å². The Kier molecular flexibility index (Phi) is 11.8. The van der Waals surface area contributed by atoms with E-state index in [2.05, 4.69) is 5.32 Å². The van der Waals surface area contributed by atoms with E-state index in [1.165, 1.54) is 19.1 Å². The maximum Gasteiger partial charge on any atom is 0.312 e. The van der Waals surface area contributed by atoms with Gasteiger partial charge in [0.15, 0.2) is 12.2 Å². The highest BCUT2D eigenvalue weighted by atomic mass is 16.7. The number of esters is 4. The first-order valence-corrected chi connectivity index (χ1v) is 14.5. The number of hydrogen-bond donors (Lipinski definition) is 1. The van der Waals surface area contributed by atoms with Crippen LogP contribution >= 0.6 is 0 Å². The van der Waals surface area contributed by atoms with Gasteiger partial charge in [-0.3, -0.25) is 24.0 Å². The van der Waals surface area contributed by atoms with E-state index in [1.807, 2.05) is 30.3 Å². The Labute approximate surface area is 265 Å². The van der Waals surface area contributed by atoms with Crippen LogP contribution in [-0.4, -0.2) is 67.0 Å². The summed E-state index contributed by atoms with van der Waals surface area (Å²) in [5, 5.41) is 2.72. The zero-order chi connectivity index (χ0) is 33.1. The Morgan fingerprint density at radius 1 is 0.696 bits per heavy atom. The van der Waals surface area contributed by atoms with Gasteiger partial charge in [-0.1, -0.05) is 60.7 Å². The third kappa shape index (κ3) is 9.89. The summed E-state index contributed by atoms with van der Waals surface area (Å²) >= 11 is 0. The van der Waals surface area contributed by atoms with E-state index in [0.29, 0.717) is 17.9 Å². The van der Waals surface area contributed by atoms with Crippen LogP contribution in [0.5, 0.6) is 5.75 Å². The Balaban J connectivity index is 1.59. The monoisotopic (exact) mass is 633 g/mol. The largest absolute Gasteiger partial charge is 0.489 e. The maximum absolute atomic E-state index is 13.5. The highest BCUT2D eigenvalue weighted by molar-refractivity contribution is 5.94. The van der Waals surface area contributed by atoms with Gasteiger partial charge < -0.3 is 33.7 Å². The zero-order valence-corrected chi connectivity index (χ0v) is 25.6. The molecule has 46 heavy (non-hydrogen) atoms. The third-order valence-corrected chi connectivity index (χ3v) is 6.80. The number of hydrogen-bond acceptors (Lipinski definition) is 11. The molecule has 0 saturated carbocycles. The SMILES string of the molecule is CC(=O)OC[C@@H]1O[C@H](OC(=O)Cc2ccccc2)[C@H](NC(=O)c2ccc(OCc3ccccc3)cc2)[C@@H](OC(C)=O)[C@@H]1OC(C)=O.